The van der Waals surface area contributed by atoms with Gasteiger partial charge in [-0.25, -0.2) is 4.79 Å². The summed E-state index contributed by atoms with van der Waals surface area (Å²) in [6.45, 7) is 0.179. The van der Waals surface area contributed by atoms with E-state index < -0.39 is 17.2 Å². The summed E-state index contributed by atoms with van der Waals surface area (Å²) in [6.07, 6.45) is 4.36. The first-order valence-electron chi connectivity index (χ1n) is 11.1. The highest BCUT2D eigenvalue weighted by atomic mass is 16.7. The summed E-state index contributed by atoms with van der Waals surface area (Å²) < 4.78 is 17.3. The number of benzene rings is 2. The van der Waals surface area contributed by atoms with E-state index in [-0.39, 0.29) is 31.4 Å². The first kappa shape index (κ1) is 22.8. The van der Waals surface area contributed by atoms with Crippen LogP contribution in [-0.4, -0.2) is 22.3 Å². The maximum Gasteiger partial charge on any atom is 0.330 e. The third-order valence-corrected chi connectivity index (χ3v) is 5.64. The smallest absolute Gasteiger partial charge is 0.330 e. The van der Waals surface area contributed by atoms with Crippen molar-refractivity contribution in [3.63, 3.8) is 0 Å². The maximum atomic E-state index is 13.4. The number of nitrogens with two attached hydrogens (primary N) is 1. The van der Waals surface area contributed by atoms with Gasteiger partial charge in [-0.2, -0.15) is 0 Å². The average Bonchev–Trinajstić information content (AvgIpc) is 3.57. The fourth-order valence-corrected chi connectivity index (χ4v) is 3.86. The van der Waals surface area contributed by atoms with E-state index in [9.17, 15) is 14.4 Å². The number of hydrogen-bond donors (Lipinski definition) is 2. The zero-order chi connectivity index (χ0) is 25.1. The molecule has 1 aliphatic rings. The number of H-pyrrole nitrogens is 1. The average molecular weight is 486 g/mol. The van der Waals surface area contributed by atoms with Crippen molar-refractivity contribution >= 4 is 23.5 Å². The fourth-order valence-electron chi connectivity index (χ4n) is 3.86. The molecule has 10 nitrogen and oxygen atoms in total. The molecule has 0 aliphatic carbocycles. The number of anilines is 2. The summed E-state index contributed by atoms with van der Waals surface area (Å²) in [4.78, 5) is 42.4. The Balaban J connectivity index is 1.52. The van der Waals surface area contributed by atoms with Crippen molar-refractivity contribution in [2.24, 2.45) is 0 Å². The molecule has 10 heteroatoms. The standard InChI is InChI=1S/C26H22N4O6/c27-24-23(25(32)28-26(33)30(24)14-18-5-2-1-3-6-18)29(15-19-7-4-12-34-19)22(31)11-9-17-8-10-20-21(13-17)36-16-35-20/h1-13H,14-16,27H2,(H,28,32,33)/b11-9+. The van der Waals surface area contributed by atoms with Crippen LogP contribution in [0.15, 0.2) is 87.0 Å². The van der Waals surface area contributed by atoms with E-state index in [0.29, 0.717) is 22.8 Å². The van der Waals surface area contributed by atoms with Gasteiger partial charge in [0, 0.05) is 6.08 Å². The van der Waals surface area contributed by atoms with Gasteiger partial charge in [0.1, 0.15) is 11.6 Å². The van der Waals surface area contributed by atoms with Crippen LogP contribution in [0, 0.1) is 0 Å². The minimum atomic E-state index is -0.779. The Labute approximate surface area is 204 Å². The second-order valence-corrected chi connectivity index (χ2v) is 8.01. The Morgan fingerprint density at radius 2 is 1.86 bits per heavy atom. The number of carbonyl (C=O) groups excluding carboxylic acids is 1. The van der Waals surface area contributed by atoms with Crippen molar-refractivity contribution in [1.29, 1.82) is 0 Å². The normalized spacial score (nSPS) is 12.2. The zero-order valence-electron chi connectivity index (χ0n) is 19.0. The second kappa shape index (κ2) is 9.71. The van der Waals surface area contributed by atoms with Crippen molar-refractivity contribution in [2.45, 2.75) is 13.1 Å². The number of nitrogens with zero attached hydrogens (tertiary/aromatic N) is 2. The number of rotatable bonds is 7. The lowest BCUT2D eigenvalue weighted by Gasteiger charge is -2.22. The molecule has 0 atom stereocenters. The van der Waals surface area contributed by atoms with Crippen molar-refractivity contribution in [3.05, 3.63) is 111 Å². The van der Waals surface area contributed by atoms with Gasteiger partial charge in [-0.3, -0.25) is 24.0 Å². The van der Waals surface area contributed by atoms with Gasteiger partial charge in [0.25, 0.3) is 11.5 Å². The molecule has 3 N–H and O–H groups in total. The van der Waals surface area contributed by atoms with Crippen molar-refractivity contribution in [3.8, 4) is 11.5 Å². The number of hydrogen-bond acceptors (Lipinski definition) is 7. The molecular weight excluding hydrogens is 464 g/mol. The lowest BCUT2D eigenvalue weighted by molar-refractivity contribution is -0.114. The molecule has 0 fully saturated rings. The summed E-state index contributed by atoms with van der Waals surface area (Å²) >= 11 is 0. The summed E-state index contributed by atoms with van der Waals surface area (Å²) in [6, 6.07) is 17.8. The van der Waals surface area contributed by atoms with Crippen molar-refractivity contribution in [2.75, 3.05) is 17.4 Å². The molecule has 1 amide bonds. The van der Waals surface area contributed by atoms with E-state index in [4.69, 9.17) is 19.6 Å². The van der Waals surface area contributed by atoms with E-state index in [1.165, 1.54) is 21.8 Å². The zero-order valence-corrected chi connectivity index (χ0v) is 19.0. The molecule has 2 aromatic carbocycles. The van der Waals surface area contributed by atoms with Crippen LogP contribution >= 0.6 is 0 Å². The van der Waals surface area contributed by atoms with Crippen LogP contribution in [0.25, 0.3) is 6.08 Å². The van der Waals surface area contributed by atoms with Crippen LogP contribution in [0.5, 0.6) is 11.5 Å². The van der Waals surface area contributed by atoms with Gasteiger partial charge in [-0.15, -0.1) is 0 Å². The van der Waals surface area contributed by atoms with Crippen LogP contribution in [-0.2, 0) is 17.9 Å². The number of carbonyl (C=O) groups is 1. The summed E-state index contributed by atoms with van der Waals surface area (Å²) in [5.74, 6) is 0.957. The van der Waals surface area contributed by atoms with Gasteiger partial charge in [-0.05, 0) is 41.5 Å². The molecule has 0 unspecified atom stereocenters. The van der Waals surface area contributed by atoms with E-state index in [1.807, 2.05) is 30.3 Å². The predicted molar refractivity (Wildman–Crippen MR) is 133 cm³/mol. The van der Waals surface area contributed by atoms with Crippen LogP contribution in [0.1, 0.15) is 16.9 Å². The maximum absolute atomic E-state index is 13.4. The topological polar surface area (TPSA) is 133 Å². The molecule has 0 radical (unpaired) electrons. The van der Waals surface area contributed by atoms with Gasteiger partial charge in [0.15, 0.2) is 17.2 Å². The van der Waals surface area contributed by atoms with Crippen LogP contribution in [0.2, 0.25) is 0 Å². The number of fused-ring (bicyclic) bond motifs is 1. The van der Waals surface area contributed by atoms with Crippen molar-refractivity contribution in [1.82, 2.24) is 9.55 Å². The third-order valence-electron chi connectivity index (χ3n) is 5.64. The van der Waals surface area contributed by atoms with Gasteiger partial charge in [0.2, 0.25) is 6.79 Å². The molecule has 3 heterocycles. The van der Waals surface area contributed by atoms with Crippen LogP contribution in [0.3, 0.4) is 0 Å². The molecule has 0 spiro atoms. The number of aromatic amines is 1. The van der Waals surface area contributed by atoms with Crippen LogP contribution < -0.4 is 31.4 Å². The Hall–Kier alpha value is -4.99. The van der Waals surface area contributed by atoms with E-state index >= 15 is 0 Å². The first-order valence-corrected chi connectivity index (χ1v) is 11.1. The number of nitrogens with one attached hydrogen (secondary N) is 1. The number of aromatic nitrogens is 2. The monoisotopic (exact) mass is 486 g/mol. The summed E-state index contributed by atoms with van der Waals surface area (Å²) in [5, 5.41) is 0. The largest absolute Gasteiger partial charge is 0.467 e. The predicted octanol–water partition coefficient (Wildman–Crippen LogP) is 2.74. The molecule has 5 rings (SSSR count). The lowest BCUT2D eigenvalue weighted by atomic mass is 10.2. The molecule has 0 saturated carbocycles. The molecule has 36 heavy (non-hydrogen) atoms. The molecule has 1 aliphatic heterocycles. The fraction of sp³-hybridized carbons (Fsp3) is 0.115. The third kappa shape index (κ3) is 4.64. The minimum Gasteiger partial charge on any atom is -0.467 e. The van der Waals surface area contributed by atoms with Gasteiger partial charge in [0.05, 0.1) is 19.4 Å². The highest BCUT2D eigenvalue weighted by molar-refractivity contribution is 6.05. The molecule has 0 bridgehead atoms. The number of furan rings is 1. The van der Waals surface area contributed by atoms with E-state index in [1.54, 1.807) is 36.4 Å². The summed E-state index contributed by atoms with van der Waals surface area (Å²) in [7, 11) is 0. The number of amides is 1. The molecule has 4 aromatic rings. The molecule has 2 aromatic heterocycles. The number of nitrogen functional groups attached to an aromatic ring is 1. The molecular formula is C26H22N4O6. The SMILES string of the molecule is Nc1c(N(Cc2ccco2)C(=O)/C=C/c2ccc3c(c2)OCO3)c(=O)[nH]c(=O)n1Cc1ccccc1. The Morgan fingerprint density at radius 3 is 2.64 bits per heavy atom. The van der Waals surface area contributed by atoms with Gasteiger partial charge in [-0.1, -0.05) is 36.4 Å². The highest BCUT2D eigenvalue weighted by Gasteiger charge is 2.24. The van der Waals surface area contributed by atoms with E-state index in [0.717, 1.165) is 5.56 Å². The molecule has 182 valence electrons. The quantitative estimate of drug-likeness (QED) is 0.384. The Morgan fingerprint density at radius 1 is 1.06 bits per heavy atom. The van der Waals surface area contributed by atoms with Crippen LogP contribution in [0.4, 0.5) is 11.5 Å². The Bertz CT molecular complexity index is 1540. The summed E-state index contributed by atoms with van der Waals surface area (Å²) in [5.41, 5.74) is 6.23. The molecule has 0 saturated heterocycles. The second-order valence-electron chi connectivity index (χ2n) is 8.01. The first-order chi connectivity index (χ1) is 17.5. The van der Waals surface area contributed by atoms with Gasteiger partial charge >= 0.3 is 5.69 Å². The minimum absolute atomic E-state index is 0.0753. The Kier molecular flexibility index (Phi) is 6.14. The van der Waals surface area contributed by atoms with Gasteiger partial charge < -0.3 is 19.6 Å². The number of ether oxygens (including phenoxy) is 2. The highest BCUT2D eigenvalue weighted by Crippen LogP contribution is 2.33. The lowest BCUT2D eigenvalue weighted by Crippen LogP contribution is -2.40. The van der Waals surface area contributed by atoms with Crippen molar-refractivity contribution < 1.29 is 18.7 Å². The van der Waals surface area contributed by atoms with E-state index in [2.05, 4.69) is 4.98 Å².